The maximum absolute atomic E-state index is 11.8. The normalized spacial score (nSPS) is 25.0. The fourth-order valence-electron chi connectivity index (χ4n) is 1.98. The van der Waals surface area contributed by atoms with Crippen LogP contribution in [0.3, 0.4) is 0 Å². The summed E-state index contributed by atoms with van der Waals surface area (Å²) in [6.45, 7) is 1.79. The molecule has 6 heteroatoms. The van der Waals surface area contributed by atoms with Crippen LogP contribution in [0.1, 0.15) is 26.2 Å². The van der Waals surface area contributed by atoms with Gasteiger partial charge in [0, 0.05) is 0 Å². The van der Waals surface area contributed by atoms with Gasteiger partial charge in [0.25, 0.3) is 0 Å². The highest BCUT2D eigenvalue weighted by molar-refractivity contribution is 7.92. The molecule has 1 rings (SSSR count). The zero-order chi connectivity index (χ0) is 12.2. The minimum Gasteiger partial charge on any atom is -0.465 e. The summed E-state index contributed by atoms with van der Waals surface area (Å²) in [4.78, 5) is 11.1. The fraction of sp³-hybridized carbons (Fsp3) is 0.800. The Morgan fingerprint density at radius 1 is 1.50 bits per heavy atom. The number of carbonyl (C=O) groups is 1. The summed E-state index contributed by atoms with van der Waals surface area (Å²) in [6, 6.07) is 1.99. The SMILES string of the molecule is CCOC(=O)CS(=O)(=O)C1CCCC1C#N. The van der Waals surface area contributed by atoms with E-state index in [-0.39, 0.29) is 6.61 Å². The summed E-state index contributed by atoms with van der Waals surface area (Å²) in [6.07, 6.45) is 1.80. The third-order valence-corrected chi connectivity index (χ3v) is 4.83. The molecule has 0 heterocycles. The third kappa shape index (κ3) is 2.95. The number of ether oxygens (including phenoxy) is 1. The first-order valence-electron chi connectivity index (χ1n) is 5.28. The lowest BCUT2D eigenvalue weighted by Crippen LogP contribution is -2.31. The zero-order valence-corrected chi connectivity index (χ0v) is 10.00. The maximum Gasteiger partial charge on any atom is 0.321 e. The highest BCUT2D eigenvalue weighted by Gasteiger charge is 2.38. The van der Waals surface area contributed by atoms with Gasteiger partial charge in [-0.15, -0.1) is 0 Å². The van der Waals surface area contributed by atoms with E-state index in [1.165, 1.54) is 0 Å². The standard InChI is InChI=1S/C10H15NO4S/c1-2-15-10(12)7-16(13,14)9-5-3-4-8(9)6-11/h8-9H,2-5,7H2,1H3. The van der Waals surface area contributed by atoms with E-state index in [4.69, 9.17) is 5.26 Å². The first-order chi connectivity index (χ1) is 7.51. The Morgan fingerprint density at radius 3 is 2.75 bits per heavy atom. The lowest BCUT2D eigenvalue weighted by Gasteiger charge is -2.13. The van der Waals surface area contributed by atoms with Crippen molar-refractivity contribution in [1.82, 2.24) is 0 Å². The van der Waals surface area contributed by atoms with Crippen LogP contribution in [0.4, 0.5) is 0 Å². The van der Waals surface area contributed by atoms with Crippen molar-refractivity contribution in [3.63, 3.8) is 0 Å². The topological polar surface area (TPSA) is 84.2 Å². The molecule has 16 heavy (non-hydrogen) atoms. The highest BCUT2D eigenvalue weighted by atomic mass is 32.2. The van der Waals surface area contributed by atoms with Crippen LogP contribution >= 0.6 is 0 Å². The number of nitriles is 1. The van der Waals surface area contributed by atoms with Gasteiger partial charge in [-0.3, -0.25) is 4.79 Å². The smallest absolute Gasteiger partial charge is 0.321 e. The van der Waals surface area contributed by atoms with Crippen molar-refractivity contribution < 1.29 is 17.9 Å². The summed E-state index contributed by atoms with van der Waals surface area (Å²) in [5.74, 6) is -1.81. The zero-order valence-electron chi connectivity index (χ0n) is 9.18. The summed E-state index contributed by atoms with van der Waals surface area (Å²) in [5.41, 5.74) is 0. The van der Waals surface area contributed by atoms with Crippen molar-refractivity contribution in [2.45, 2.75) is 31.4 Å². The molecule has 0 saturated heterocycles. The lowest BCUT2D eigenvalue weighted by molar-refractivity contribution is -0.139. The van der Waals surface area contributed by atoms with Crippen LogP contribution in [0.2, 0.25) is 0 Å². The van der Waals surface area contributed by atoms with Crippen molar-refractivity contribution in [3.05, 3.63) is 0 Å². The quantitative estimate of drug-likeness (QED) is 0.679. The molecular weight excluding hydrogens is 230 g/mol. The maximum atomic E-state index is 11.8. The molecule has 0 spiro atoms. The second-order valence-electron chi connectivity index (χ2n) is 3.82. The number of nitrogens with zero attached hydrogens (tertiary/aromatic N) is 1. The van der Waals surface area contributed by atoms with E-state index < -0.39 is 32.7 Å². The van der Waals surface area contributed by atoms with Gasteiger partial charge in [-0.05, 0) is 19.8 Å². The fourth-order valence-corrected chi connectivity index (χ4v) is 3.83. The van der Waals surface area contributed by atoms with Crippen LogP contribution in [-0.4, -0.2) is 32.0 Å². The van der Waals surface area contributed by atoms with Crippen molar-refractivity contribution >= 4 is 15.8 Å². The molecule has 0 aromatic heterocycles. The molecule has 0 aromatic rings. The van der Waals surface area contributed by atoms with Crippen LogP contribution in [-0.2, 0) is 19.4 Å². The van der Waals surface area contributed by atoms with Crippen LogP contribution in [0.5, 0.6) is 0 Å². The van der Waals surface area contributed by atoms with E-state index in [9.17, 15) is 13.2 Å². The van der Waals surface area contributed by atoms with Crippen molar-refractivity contribution in [2.75, 3.05) is 12.4 Å². The average Bonchev–Trinajstić information content (AvgIpc) is 2.65. The summed E-state index contributed by atoms with van der Waals surface area (Å²) in [5, 5.41) is 8.11. The van der Waals surface area contributed by atoms with E-state index in [1.807, 2.05) is 6.07 Å². The molecule has 1 aliphatic carbocycles. The highest BCUT2D eigenvalue weighted by Crippen LogP contribution is 2.31. The average molecular weight is 245 g/mol. The Kier molecular flexibility index (Phi) is 4.30. The monoisotopic (exact) mass is 245 g/mol. The van der Waals surface area contributed by atoms with Crippen LogP contribution < -0.4 is 0 Å². The molecule has 0 bridgehead atoms. The second kappa shape index (κ2) is 5.30. The van der Waals surface area contributed by atoms with E-state index in [0.29, 0.717) is 12.8 Å². The van der Waals surface area contributed by atoms with Crippen molar-refractivity contribution in [3.8, 4) is 6.07 Å². The van der Waals surface area contributed by atoms with Gasteiger partial charge >= 0.3 is 5.97 Å². The Morgan fingerprint density at radius 2 is 2.19 bits per heavy atom. The van der Waals surface area contributed by atoms with Gasteiger partial charge < -0.3 is 4.74 Å². The molecule has 0 radical (unpaired) electrons. The minimum atomic E-state index is -3.54. The van der Waals surface area contributed by atoms with Gasteiger partial charge in [0.1, 0.15) is 5.75 Å². The molecule has 5 nitrogen and oxygen atoms in total. The van der Waals surface area contributed by atoms with E-state index in [0.717, 1.165) is 6.42 Å². The third-order valence-electron chi connectivity index (χ3n) is 2.70. The van der Waals surface area contributed by atoms with Gasteiger partial charge in [-0.25, -0.2) is 8.42 Å². The molecule has 0 aromatic carbocycles. The van der Waals surface area contributed by atoms with Gasteiger partial charge in [-0.2, -0.15) is 5.26 Å². The van der Waals surface area contributed by atoms with Crippen molar-refractivity contribution in [1.29, 1.82) is 5.26 Å². The van der Waals surface area contributed by atoms with Gasteiger partial charge in [0.15, 0.2) is 9.84 Å². The van der Waals surface area contributed by atoms with Gasteiger partial charge in [0.2, 0.25) is 0 Å². The number of esters is 1. The van der Waals surface area contributed by atoms with Crippen molar-refractivity contribution in [2.24, 2.45) is 5.92 Å². The molecule has 0 N–H and O–H groups in total. The molecule has 90 valence electrons. The number of hydrogen-bond acceptors (Lipinski definition) is 5. The number of carbonyl (C=O) groups excluding carboxylic acids is 1. The van der Waals surface area contributed by atoms with Crippen LogP contribution in [0.15, 0.2) is 0 Å². The molecule has 2 unspecified atom stereocenters. The molecule has 2 atom stereocenters. The van der Waals surface area contributed by atoms with E-state index in [2.05, 4.69) is 4.74 Å². The van der Waals surface area contributed by atoms with Gasteiger partial charge in [-0.1, -0.05) is 6.42 Å². The Hall–Kier alpha value is -1.09. The molecular formula is C10H15NO4S. The largest absolute Gasteiger partial charge is 0.465 e. The molecule has 1 saturated carbocycles. The molecule has 1 fully saturated rings. The number of sulfone groups is 1. The summed E-state index contributed by atoms with van der Waals surface area (Å²) in [7, 11) is -3.54. The predicted octanol–water partition coefficient (Wildman–Crippen LogP) is 0.657. The summed E-state index contributed by atoms with van der Waals surface area (Å²) >= 11 is 0. The van der Waals surface area contributed by atoms with E-state index >= 15 is 0 Å². The lowest BCUT2D eigenvalue weighted by atomic mass is 10.1. The van der Waals surface area contributed by atoms with Crippen LogP contribution in [0.25, 0.3) is 0 Å². The number of rotatable bonds is 4. The Bertz CT molecular complexity index is 396. The first-order valence-corrected chi connectivity index (χ1v) is 6.99. The molecule has 0 aliphatic heterocycles. The minimum absolute atomic E-state index is 0.167. The van der Waals surface area contributed by atoms with E-state index in [1.54, 1.807) is 6.92 Å². The molecule has 1 aliphatic rings. The van der Waals surface area contributed by atoms with Gasteiger partial charge in [0.05, 0.1) is 23.8 Å². The second-order valence-corrected chi connectivity index (χ2v) is 6.04. The Balaban J connectivity index is 2.71. The first kappa shape index (κ1) is 13.0. The van der Waals surface area contributed by atoms with Crippen LogP contribution in [0, 0.1) is 17.2 Å². The number of hydrogen-bond donors (Lipinski definition) is 0. The Labute approximate surface area is 95.3 Å². The predicted molar refractivity (Wildman–Crippen MR) is 57.2 cm³/mol. The molecule has 0 amide bonds. The summed E-state index contributed by atoms with van der Waals surface area (Å²) < 4.78 is 28.3.